The molecular weight excluding hydrogens is 211 g/mol. The van der Waals surface area contributed by atoms with Crippen molar-refractivity contribution in [2.24, 2.45) is 0 Å². The molecule has 2 heterocycles. The van der Waals surface area contributed by atoms with Gasteiger partial charge < -0.3 is 15.0 Å². The average molecular weight is 226 g/mol. The third-order valence-corrected chi connectivity index (χ3v) is 2.59. The van der Waals surface area contributed by atoms with Crippen molar-refractivity contribution in [3.8, 4) is 0 Å². The van der Waals surface area contributed by atoms with E-state index < -0.39 is 5.82 Å². The summed E-state index contributed by atoms with van der Waals surface area (Å²) in [5.74, 6) is 0.373. The molecule has 6 heteroatoms. The molecule has 16 heavy (non-hydrogen) atoms. The van der Waals surface area contributed by atoms with E-state index in [4.69, 9.17) is 4.74 Å². The molecular formula is C10H15FN4O. The Morgan fingerprint density at radius 3 is 3.12 bits per heavy atom. The van der Waals surface area contributed by atoms with Crippen LogP contribution in [0.2, 0.25) is 0 Å². The number of hydrogen-bond acceptors (Lipinski definition) is 5. The molecule has 0 aliphatic carbocycles. The number of morpholine rings is 1. The Balaban J connectivity index is 2.30. The van der Waals surface area contributed by atoms with E-state index in [1.165, 1.54) is 6.20 Å². The summed E-state index contributed by atoms with van der Waals surface area (Å²) >= 11 is 0. The van der Waals surface area contributed by atoms with Gasteiger partial charge in [0, 0.05) is 13.6 Å². The highest BCUT2D eigenvalue weighted by Gasteiger charge is 2.23. The minimum absolute atomic E-state index is 0.128. The molecule has 88 valence electrons. The van der Waals surface area contributed by atoms with Gasteiger partial charge in [-0.05, 0) is 6.92 Å². The van der Waals surface area contributed by atoms with Gasteiger partial charge in [-0.15, -0.1) is 0 Å². The fourth-order valence-corrected chi connectivity index (χ4v) is 1.72. The standard InChI is InChI=1S/C10H15FN4O/c1-7-6-16-4-3-15(7)9-8(11)5-13-10(12-2)14-9/h5,7H,3-4,6H2,1-2H3,(H,12,13,14). The summed E-state index contributed by atoms with van der Waals surface area (Å²) < 4.78 is 18.9. The van der Waals surface area contributed by atoms with Crippen molar-refractivity contribution in [2.45, 2.75) is 13.0 Å². The van der Waals surface area contributed by atoms with Gasteiger partial charge in [0.05, 0.1) is 25.5 Å². The molecule has 0 aromatic carbocycles. The lowest BCUT2D eigenvalue weighted by Gasteiger charge is -2.34. The number of rotatable bonds is 2. The van der Waals surface area contributed by atoms with Crippen LogP contribution in [0.5, 0.6) is 0 Å². The Morgan fingerprint density at radius 2 is 2.44 bits per heavy atom. The van der Waals surface area contributed by atoms with Crippen LogP contribution in [0.4, 0.5) is 16.2 Å². The molecule has 2 rings (SSSR count). The Hall–Kier alpha value is -1.43. The maximum absolute atomic E-state index is 13.6. The van der Waals surface area contributed by atoms with E-state index in [1.54, 1.807) is 7.05 Å². The summed E-state index contributed by atoms with van der Waals surface area (Å²) in [6.07, 6.45) is 1.19. The van der Waals surface area contributed by atoms with Crippen molar-refractivity contribution < 1.29 is 9.13 Å². The molecule has 5 nitrogen and oxygen atoms in total. The van der Waals surface area contributed by atoms with Gasteiger partial charge in [0.25, 0.3) is 0 Å². The predicted octanol–water partition coefficient (Wildman–Crippen LogP) is 0.883. The number of nitrogens with zero attached hydrogens (tertiary/aromatic N) is 3. The van der Waals surface area contributed by atoms with E-state index in [0.717, 1.165) is 0 Å². The largest absolute Gasteiger partial charge is 0.377 e. The molecule has 0 amide bonds. The number of hydrogen-bond donors (Lipinski definition) is 1. The molecule has 1 saturated heterocycles. The Bertz CT molecular complexity index is 374. The van der Waals surface area contributed by atoms with Crippen molar-refractivity contribution in [2.75, 3.05) is 37.0 Å². The second-order valence-electron chi connectivity index (χ2n) is 3.73. The van der Waals surface area contributed by atoms with Crippen molar-refractivity contribution in [3.63, 3.8) is 0 Å². The Labute approximate surface area is 93.6 Å². The molecule has 0 radical (unpaired) electrons. The fraction of sp³-hybridized carbons (Fsp3) is 0.600. The van der Waals surface area contributed by atoms with E-state index in [9.17, 15) is 4.39 Å². The van der Waals surface area contributed by atoms with E-state index in [1.807, 2.05) is 11.8 Å². The summed E-state index contributed by atoms with van der Waals surface area (Å²) in [6, 6.07) is 0.128. The number of aromatic nitrogens is 2. The quantitative estimate of drug-likeness (QED) is 0.811. The first-order valence-corrected chi connectivity index (χ1v) is 5.27. The van der Waals surface area contributed by atoms with Crippen LogP contribution in [0.25, 0.3) is 0 Å². The Morgan fingerprint density at radius 1 is 1.62 bits per heavy atom. The highest BCUT2D eigenvalue weighted by molar-refractivity contribution is 5.45. The summed E-state index contributed by atoms with van der Waals surface area (Å²) in [4.78, 5) is 9.86. The van der Waals surface area contributed by atoms with Crippen LogP contribution in [0.3, 0.4) is 0 Å². The normalized spacial score (nSPS) is 20.9. The molecule has 1 unspecified atom stereocenters. The Kier molecular flexibility index (Phi) is 3.19. The summed E-state index contributed by atoms with van der Waals surface area (Å²) in [5, 5.41) is 2.80. The average Bonchev–Trinajstić information content (AvgIpc) is 2.31. The summed E-state index contributed by atoms with van der Waals surface area (Å²) in [6.45, 7) is 3.83. The third kappa shape index (κ3) is 2.06. The zero-order valence-corrected chi connectivity index (χ0v) is 9.40. The molecule has 1 fully saturated rings. The van der Waals surface area contributed by atoms with E-state index in [0.29, 0.717) is 31.5 Å². The zero-order valence-electron chi connectivity index (χ0n) is 9.40. The van der Waals surface area contributed by atoms with E-state index in [2.05, 4.69) is 15.3 Å². The van der Waals surface area contributed by atoms with Gasteiger partial charge in [-0.3, -0.25) is 0 Å². The lowest BCUT2D eigenvalue weighted by atomic mass is 10.2. The van der Waals surface area contributed by atoms with Crippen molar-refractivity contribution in [1.29, 1.82) is 0 Å². The molecule has 1 atom stereocenters. The van der Waals surface area contributed by atoms with Crippen molar-refractivity contribution >= 4 is 11.8 Å². The predicted molar refractivity (Wildman–Crippen MR) is 59.2 cm³/mol. The number of anilines is 2. The topological polar surface area (TPSA) is 50.3 Å². The van der Waals surface area contributed by atoms with Gasteiger partial charge in [0.1, 0.15) is 0 Å². The van der Waals surface area contributed by atoms with Gasteiger partial charge >= 0.3 is 0 Å². The van der Waals surface area contributed by atoms with E-state index >= 15 is 0 Å². The van der Waals surface area contributed by atoms with Crippen molar-refractivity contribution in [3.05, 3.63) is 12.0 Å². The van der Waals surface area contributed by atoms with Gasteiger partial charge in [-0.2, -0.15) is 4.98 Å². The van der Waals surface area contributed by atoms with Crippen LogP contribution >= 0.6 is 0 Å². The first kappa shape index (κ1) is 11.1. The molecule has 1 aliphatic rings. The van der Waals surface area contributed by atoms with E-state index in [-0.39, 0.29) is 6.04 Å². The molecule has 1 N–H and O–H groups in total. The lowest BCUT2D eigenvalue weighted by Crippen LogP contribution is -2.44. The minimum Gasteiger partial charge on any atom is -0.377 e. The smallest absolute Gasteiger partial charge is 0.224 e. The SMILES string of the molecule is CNc1ncc(F)c(N2CCOCC2C)n1. The monoisotopic (exact) mass is 226 g/mol. The number of ether oxygens (including phenoxy) is 1. The highest BCUT2D eigenvalue weighted by atomic mass is 19.1. The van der Waals surface area contributed by atoms with Crippen LogP contribution in [0, 0.1) is 5.82 Å². The minimum atomic E-state index is -0.396. The van der Waals surface area contributed by atoms with Crippen molar-refractivity contribution in [1.82, 2.24) is 9.97 Å². The summed E-state index contributed by atoms with van der Waals surface area (Å²) in [5.41, 5.74) is 0. The first-order chi connectivity index (χ1) is 7.72. The summed E-state index contributed by atoms with van der Waals surface area (Å²) in [7, 11) is 1.71. The van der Waals surface area contributed by atoms with Crippen LogP contribution in [-0.2, 0) is 4.74 Å². The lowest BCUT2D eigenvalue weighted by molar-refractivity contribution is 0.0981. The molecule has 0 saturated carbocycles. The highest BCUT2D eigenvalue weighted by Crippen LogP contribution is 2.21. The number of nitrogens with one attached hydrogen (secondary N) is 1. The van der Waals surface area contributed by atoms with Gasteiger partial charge in [0.2, 0.25) is 5.95 Å². The van der Waals surface area contributed by atoms with Crippen LogP contribution < -0.4 is 10.2 Å². The molecule has 1 aliphatic heterocycles. The van der Waals surface area contributed by atoms with Crippen LogP contribution in [0.15, 0.2) is 6.20 Å². The first-order valence-electron chi connectivity index (χ1n) is 5.27. The van der Waals surface area contributed by atoms with Crippen LogP contribution in [0.1, 0.15) is 6.92 Å². The van der Waals surface area contributed by atoms with Gasteiger partial charge in [-0.1, -0.05) is 0 Å². The second-order valence-corrected chi connectivity index (χ2v) is 3.73. The van der Waals surface area contributed by atoms with Gasteiger partial charge in [-0.25, -0.2) is 9.37 Å². The maximum atomic E-state index is 13.6. The third-order valence-electron chi connectivity index (χ3n) is 2.59. The maximum Gasteiger partial charge on any atom is 0.224 e. The molecule has 1 aromatic rings. The molecule has 0 bridgehead atoms. The van der Waals surface area contributed by atoms with Gasteiger partial charge in [0.15, 0.2) is 11.6 Å². The zero-order chi connectivity index (χ0) is 11.5. The van der Waals surface area contributed by atoms with Crippen LogP contribution in [-0.4, -0.2) is 42.8 Å². The molecule has 0 spiro atoms. The molecule has 1 aromatic heterocycles. The number of halogens is 1. The second kappa shape index (κ2) is 4.61. The fourth-order valence-electron chi connectivity index (χ4n) is 1.72.